The van der Waals surface area contributed by atoms with Crippen LogP contribution in [0.3, 0.4) is 0 Å². The van der Waals surface area contributed by atoms with Crippen molar-refractivity contribution >= 4 is 17.6 Å². The zero-order valence-electron chi connectivity index (χ0n) is 11.4. The average Bonchev–Trinajstić information content (AvgIpc) is 2.35. The second kappa shape index (κ2) is 6.78. The summed E-state index contributed by atoms with van der Waals surface area (Å²) in [5.74, 6) is -1.02. The number of rotatable bonds is 6. The van der Waals surface area contributed by atoms with Gasteiger partial charge in [-0.3, -0.25) is 4.79 Å². The van der Waals surface area contributed by atoms with E-state index in [0.29, 0.717) is 17.7 Å². The summed E-state index contributed by atoms with van der Waals surface area (Å²) in [7, 11) is 0. The second-order valence-electron chi connectivity index (χ2n) is 4.65. The number of hydrogen-bond donors (Lipinski definition) is 3. The maximum atomic E-state index is 11.7. The van der Waals surface area contributed by atoms with Gasteiger partial charge in [0.15, 0.2) is 0 Å². The van der Waals surface area contributed by atoms with Crippen LogP contribution in [0.1, 0.15) is 37.6 Å². The van der Waals surface area contributed by atoms with E-state index in [4.69, 9.17) is 5.11 Å². The normalized spacial score (nSPS) is 12.0. The molecule has 5 heteroatoms. The Morgan fingerprint density at radius 2 is 1.79 bits per heavy atom. The van der Waals surface area contributed by atoms with Crippen LogP contribution in [0.2, 0.25) is 0 Å². The summed E-state index contributed by atoms with van der Waals surface area (Å²) in [6.07, 6.45) is 0.491. The minimum absolute atomic E-state index is 0.0850. The van der Waals surface area contributed by atoms with E-state index in [1.165, 1.54) is 0 Å². The predicted molar refractivity (Wildman–Crippen MR) is 74.4 cm³/mol. The number of benzene rings is 1. The van der Waals surface area contributed by atoms with Crippen LogP contribution in [-0.2, 0) is 4.79 Å². The monoisotopic (exact) mass is 264 g/mol. The highest BCUT2D eigenvalue weighted by Gasteiger charge is 2.14. The van der Waals surface area contributed by atoms with Crippen LogP contribution in [0.4, 0.5) is 5.69 Å². The summed E-state index contributed by atoms with van der Waals surface area (Å²) < 4.78 is 0. The Morgan fingerprint density at radius 1 is 1.21 bits per heavy atom. The highest BCUT2D eigenvalue weighted by atomic mass is 16.4. The van der Waals surface area contributed by atoms with Crippen molar-refractivity contribution in [1.82, 2.24) is 5.32 Å². The molecule has 1 amide bonds. The molecule has 0 saturated heterocycles. The molecule has 0 spiro atoms. The van der Waals surface area contributed by atoms with Crippen LogP contribution < -0.4 is 10.6 Å². The molecule has 1 atom stereocenters. The first kappa shape index (κ1) is 15.0. The van der Waals surface area contributed by atoms with Gasteiger partial charge in [0.05, 0.1) is 0 Å². The van der Waals surface area contributed by atoms with Crippen molar-refractivity contribution < 1.29 is 14.7 Å². The van der Waals surface area contributed by atoms with E-state index < -0.39 is 12.0 Å². The molecule has 1 aromatic rings. The lowest BCUT2D eigenvalue weighted by atomic mass is 10.1. The molecule has 1 unspecified atom stereocenters. The van der Waals surface area contributed by atoms with Gasteiger partial charge < -0.3 is 15.7 Å². The molecule has 1 aromatic carbocycles. The highest BCUT2D eigenvalue weighted by Crippen LogP contribution is 2.12. The topological polar surface area (TPSA) is 78.4 Å². The Labute approximate surface area is 113 Å². The smallest absolute Gasteiger partial charge is 0.326 e. The number of nitrogens with one attached hydrogen (secondary N) is 2. The lowest BCUT2D eigenvalue weighted by Gasteiger charge is -2.14. The van der Waals surface area contributed by atoms with E-state index in [-0.39, 0.29) is 11.9 Å². The Hall–Kier alpha value is -2.04. The molecule has 0 aliphatic carbocycles. The number of carboxylic acid groups (broad SMARTS) is 1. The van der Waals surface area contributed by atoms with Crippen LogP contribution >= 0.6 is 0 Å². The SMILES string of the molecule is CCC(Nc1ccc(C(=O)NC(C)C)cc1)C(=O)O. The van der Waals surface area contributed by atoms with Gasteiger partial charge in [0.1, 0.15) is 6.04 Å². The number of amides is 1. The van der Waals surface area contributed by atoms with Crippen molar-refractivity contribution in [3.63, 3.8) is 0 Å². The molecular formula is C14H20N2O3. The van der Waals surface area contributed by atoms with Gasteiger partial charge in [0.2, 0.25) is 0 Å². The van der Waals surface area contributed by atoms with Crippen molar-refractivity contribution in [3.05, 3.63) is 29.8 Å². The fourth-order valence-electron chi connectivity index (χ4n) is 1.60. The number of hydrogen-bond acceptors (Lipinski definition) is 3. The third kappa shape index (κ3) is 4.62. The lowest BCUT2D eigenvalue weighted by molar-refractivity contribution is -0.137. The molecule has 0 fully saturated rings. The standard InChI is InChI=1S/C14H20N2O3/c1-4-12(14(18)19)16-11-7-5-10(6-8-11)13(17)15-9(2)3/h5-9,12,16H,4H2,1-3H3,(H,15,17)(H,18,19). The fraction of sp³-hybridized carbons (Fsp3) is 0.429. The van der Waals surface area contributed by atoms with Gasteiger partial charge in [0, 0.05) is 17.3 Å². The van der Waals surface area contributed by atoms with Gasteiger partial charge in [-0.05, 0) is 44.5 Å². The first-order chi connectivity index (χ1) is 8.93. The molecule has 0 aromatic heterocycles. The van der Waals surface area contributed by atoms with E-state index in [1.807, 2.05) is 13.8 Å². The third-order valence-electron chi connectivity index (χ3n) is 2.61. The first-order valence-electron chi connectivity index (χ1n) is 6.34. The molecule has 0 bridgehead atoms. The third-order valence-corrected chi connectivity index (χ3v) is 2.61. The van der Waals surface area contributed by atoms with E-state index in [1.54, 1.807) is 31.2 Å². The first-order valence-corrected chi connectivity index (χ1v) is 6.34. The van der Waals surface area contributed by atoms with Crippen molar-refractivity contribution in [2.24, 2.45) is 0 Å². The number of anilines is 1. The highest BCUT2D eigenvalue weighted by molar-refractivity contribution is 5.94. The predicted octanol–water partition coefficient (Wildman–Crippen LogP) is 2.10. The van der Waals surface area contributed by atoms with Crippen molar-refractivity contribution in [1.29, 1.82) is 0 Å². The molecule has 0 aliphatic rings. The molecule has 0 saturated carbocycles. The Kier molecular flexibility index (Phi) is 5.36. The quantitative estimate of drug-likeness (QED) is 0.735. The van der Waals surface area contributed by atoms with Crippen molar-refractivity contribution in [3.8, 4) is 0 Å². The molecule has 1 rings (SSSR count). The zero-order valence-corrected chi connectivity index (χ0v) is 11.4. The van der Waals surface area contributed by atoms with Gasteiger partial charge in [-0.25, -0.2) is 4.79 Å². The largest absolute Gasteiger partial charge is 0.480 e. The van der Waals surface area contributed by atoms with E-state index in [2.05, 4.69) is 10.6 Å². The molecule has 19 heavy (non-hydrogen) atoms. The molecule has 0 radical (unpaired) electrons. The number of aliphatic carboxylic acids is 1. The Balaban J connectivity index is 2.71. The molecule has 104 valence electrons. The van der Waals surface area contributed by atoms with E-state index in [9.17, 15) is 9.59 Å². The molecule has 3 N–H and O–H groups in total. The summed E-state index contributed by atoms with van der Waals surface area (Å²) in [5, 5.41) is 14.6. The number of carbonyl (C=O) groups excluding carboxylic acids is 1. The van der Waals surface area contributed by atoms with Gasteiger partial charge in [-0.15, -0.1) is 0 Å². The molecule has 0 heterocycles. The Bertz CT molecular complexity index is 441. The number of carbonyl (C=O) groups is 2. The van der Waals surface area contributed by atoms with Crippen LogP contribution in [0.15, 0.2) is 24.3 Å². The minimum atomic E-state index is -0.885. The lowest BCUT2D eigenvalue weighted by Crippen LogP contribution is -2.30. The Morgan fingerprint density at radius 3 is 2.21 bits per heavy atom. The van der Waals surface area contributed by atoms with Crippen molar-refractivity contribution in [2.45, 2.75) is 39.3 Å². The van der Waals surface area contributed by atoms with Crippen LogP contribution in [-0.4, -0.2) is 29.1 Å². The molecule has 0 aliphatic heterocycles. The summed E-state index contributed by atoms with van der Waals surface area (Å²) in [4.78, 5) is 22.6. The van der Waals surface area contributed by atoms with Gasteiger partial charge in [0.25, 0.3) is 5.91 Å². The number of carboxylic acids is 1. The summed E-state index contributed by atoms with van der Waals surface area (Å²) >= 11 is 0. The average molecular weight is 264 g/mol. The maximum Gasteiger partial charge on any atom is 0.326 e. The van der Waals surface area contributed by atoms with Crippen LogP contribution in [0, 0.1) is 0 Å². The fourth-order valence-corrected chi connectivity index (χ4v) is 1.60. The second-order valence-corrected chi connectivity index (χ2v) is 4.65. The molecule has 5 nitrogen and oxygen atoms in total. The summed E-state index contributed by atoms with van der Waals surface area (Å²) in [6.45, 7) is 5.59. The minimum Gasteiger partial charge on any atom is -0.480 e. The maximum absolute atomic E-state index is 11.7. The van der Waals surface area contributed by atoms with Gasteiger partial charge >= 0.3 is 5.97 Å². The summed E-state index contributed by atoms with van der Waals surface area (Å²) in [6, 6.07) is 6.24. The molecular weight excluding hydrogens is 244 g/mol. The van der Waals surface area contributed by atoms with E-state index >= 15 is 0 Å². The van der Waals surface area contributed by atoms with Gasteiger partial charge in [-0.2, -0.15) is 0 Å². The van der Waals surface area contributed by atoms with E-state index in [0.717, 1.165) is 0 Å². The van der Waals surface area contributed by atoms with Crippen LogP contribution in [0.25, 0.3) is 0 Å². The zero-order chi connectivity index (χ0) is 14.4. The summed E-state index contributed by atoms with van der Waals surface area (Å²) in [5.41, 5.74) is 1.25. The van der Waals surface area contributed by atoms with Gasteiger partial charge in [-0.1, -0.05) is 6.92 Å². The van der Waals surface area contributed by atoms with Crippen LogP contribution in [0.5, 0.6) is 0 Å². The van der Waals surface area contributed by atoms with Crippen molar-refractivity contribution in [2.75, 3.05) is 5.32 Å².